The number of hydrogen-bond donors (Lipinski definition) is 2. The van der Waals surface area contributed by atoms with E-state index in [9.17, 15) is 9.18 Å². The highest BCUT2D eigenvalue weighted by Crippen LogP contribution is 2.09. The van der Waals surface area contributed by atoms with Crippen LogP contribution in [0.4, 0.5) is 10.1 Å². The fourth-order valence-corrected chi connectivity index (χ4v) is 1.80. The molecule has 88 valence electrons. The molecule has 0 heterocycles. The van der Waals surface area contributed by atoms with Crippen molar-refractivity contribution < 1.29 is 14.3 Å². The number of carbonyl (C=O) groups excluding carboxylic acids is 1. The zero-order chi connectivity index (χ0) is 11.8. The molecule has 3 nitrogen and oxygen atoms in total. The van der Waals surface area contributed by atoms with E-state index < -0.39 is 0 Å². The molecular formula is C11H14FNO2S. The Labute approximate surface area is 98.1 Å². The van der Waals surface area contributed by atoms with Gasteiger partial charge in [-0.25, -0.2) is 4.39 Å². The van der Waals surface area contributed by atoms with Gasteiger partial charge < -0.3 is 10.4 Å². The monoisotopic (exact) mass is 243 g/mol. The Morgan fingerprint density at radius 1 is 1.38 bits per heavy atom. The predicted molar refractivity (Wildman–Crippen MR) is 64.1 cm³/mol. The van der Waals surface area contributed by atoms with E-state index >= 15 is 0 Å². The summed E-state index contributed by atoms with van der Waals surface area (Å²) in [6.45, 7) is 0.145. The molecule has 1 rings (SSSR count). The SMILES string of the molecule is O=C(CSCCCO)Nc1ccc(F)cc1. The highest BCUT2D eigenvalue weighted by Gasteiger charge is 2.02. The zero-order valence-electron chi connectivity index (χ0n) is 8.78. The second-order valence-corrected chi connectivity index (χ2v) is 4.29. The molecule has 0 bridgehead atoms. The van der Waals surface area contributed by atoms with Crippen LogP contribution in [-0.2, 0) is 4.79 Å². The Morgan fingerprint density at radius 3 is 2.69 bits per heavy atom. The lowest BCUT2D eigenvalue weighted by atomic mass is 10.3. The third-order valence-electron chi connectivity index (χ3n) is 1.81. The number of halogens is 1. The van der Waals surface area contributed by atoms with Crippen LogP contribution in [0.25, 0.3) is 0 Å². The summed E-state index contributed by atoms with van der Waals surface area (Å²) in [6.07, 6.45) is 0.689. The van der Waals surface area contributed by atoms with E-state index in [1.807, 2.05) is 0 Å². The molecule has 0 fully saturated rings. The molecule has 1 aromatic carbocycles. The number of aliphatic hydroxyl groups is 1. The summed E-state index contributed by atoms with van der Waals surface area (Å²) in [6, 6.07) is 5.64. The average molecular weight is 243 g/mol. The van der Waals surface area contributed by atoms with Gasteiger partial charge in [-0.05, 0) is 36.4 Å². The molecule has 0 saturated heterocycles. The molecule has 1 aromatic rings. The van der Waals surface area contributed by atoms with E-state index in [2.05, 4.69) is 5.32 Å². The van der Waals surface area contributed by atoms with Gasteiger partial charge in [-0.1, -0.05) is 0 Å². The fraction of sp³-hybridized carbons (Fsp3) is 0.364. The van der Waals surface area contributed by atoms with Crippen LogP contribution in [0.15, 0.2) is 24.3 Å². The minimum Gasteiger partial charge on any atom is -0.396 e. The third-order valence-corrected chi connectivity index (χ3v) is 2.85. The molecule has 0 spiro atoms. The standard InChI is InChI=1S/C11H14FNO2S/c12-9-2-4-10(5-3-9)13-11(15)8-16-7-1-6-14/h2-5,14H,1,6-8H2,(H,13,15). The molecule has 0 aliphatic rings. The van der Waals surface area contributed by atoms with Gasteiger partial charge in [0.1, 0.15) is 5.82 Å². The van der Waals surface area contributed by atoms with Crippen molar-refractivity contribution in [2.24, 2.45) is 0 Å². The molecule has 0 aromatic heterocycles. The molecule has 0 radical (unpaired) electrons. The number of hydrogen-bond acceptors (Lipinski definition) is 3. The largest absolute Gasteiger partial charge is 0.396 e. The summed E-state index contributed by atoms with van der Waals surface area (Å²) < 4.78 is 12.6. The lowest BCUT2D eigenvalue weighted by molar-refractivity contribution is -0.113. The number of anilines is 1. The van der Waals surface area contributed by atoms with Crippen LogP contribution in [0.1, 0.15) is 6.42 Å². The normalized spacial score (nSPS) is 10.1. The summed E-state index contributed by atoms with van der Waals surface area (Å²) in [7, 11) is 0. The van der Waals surface area contributed by atoms with Crippen molar-refractivity contribution in [3.05, 3.63) is 30.1 Å². The lowest BCUT2D eigenvalue weighted by Crippen LogP contribution is -2.14. The first-order valence-electron chi connectivity index (χ1n) is 4.96. The van der Waals surface area contributed by atoms with Crippen LogP contribution in [0, 0.1) is 5.82 Å². The summed E-state index contributed by atoms with van der Waals surface area (Å²) in [5, 5.41) is 11.2. The second kappa shape index (κ2) is 7.24. The molecule has 5 heteroatoms. The quantitative estimate of drug-likeness (QED) is 0.750. The van der Waals surface area contributed by atoms with Crippen molar-refractivity contribution in [2.45, 2.75) is 6.42 Å². The van der Waals surface area contributed by atoms with Gasteiger partial charge in [0.05, 0.1) is 5.75 Å². The Kier molecular flexibility index (Phi) is 5.88. The van der Waals surface area contributed by atoms with Gasteiger partial charge >= 0.3 is 0 Å². The van der Waals surface area contributed by atoms with Gasteiger partial charge in [0.15, 0.2) is 0 Å². The maximum Gasteiger partial charge on any atom is 0.234 e. The number of carbonyl (C=O) groups is 1. The third kappa shape index (κ3) is 5.14. The van der Waals surface area contributed by atoms with E-state index in [0.29, 0.717) is 17.9 Å². The number of thioether (sulfide) groups is 1. The van der Waals surface area contributed by atoms with Crippen molar-refractivity contribution in [1.82, 2.24) is 0 Å². The second-order valence-electron chi connectivity index (χ2n) is 3.18. The summed E-state index contributed by atoms with van der Waals surface area (Å²) in [5.74, 6) is 0.662. The van der Waals surface area contributed by atoms with Gasteiger partial charge in [-0.15, -0.1) is 0 Å². The minimum absolute atomic E-state index is 0.116. The number of aliphatic hydroxyl groups excluding tert-OH is 1. The number of nitrogens with one attached hydrogen (secondary N) is 1. The first-order valence-corrected chi connectivity index (χ1v) is 6.12. The number of benzene rings is 1. The van der Waals surface area contributed by atoms with Crippen molar-refractivity contribution in [3.63, 3.8) is 0 Å². The van der Waals surface area contributed by atoms with Gasteiger partial charge in [-0.3, -0.25) is 4.79 Å². The number of rotatable bonds is 6. The van der Waals surface area contributed by atoms with Gasteiger partial charge in [-0.2, -0.15) is 11.8 Å². The predicted octanol–water partition coefficient (Wildman–Crippen LogP) is 1.88. The summed E-state index contributed by atoms with van der Waals surface area (Å²) >= 11 is 1.46. The molecule has 1 amide bonds. The van der Waals surface area contributed by atoms with Crippen LogP contribution in [0.5, 0.6) is 0 Å². The van der Waals surface area contributed by atoms with Gasteiger partial charge in [0, 0.05) is 12.3 Å². The van der Waals surface area contributed by atoms with E-state index in [1.54, 1.807) is 0 Å². The topological polar surface area (TPSA) is 49.3 Å². The van der Waals surface area contributed by atoms with Crippen molar-refractivity contribution in [1.29, 1.82) is 0 Å². The van der Waals surface area contributed by atoms with Crippen molar-refractivity contribution >= 4 is 23.4 Å². The fourth-order valence-electron chi connectivity index (χ4n) is 1.06. The molecular weight excluding hydrogens is 229 g/mol. The van der Waals surface area contributed by atoms with Crippen molar-refractivity contribution in [3.8, 4) is 0 Å². The van der Waals surface area contributed by atoms with E-state index in [0.717, 1.165) is 5.75 Å². The molecule has 0 atom stereocenters. The Hall–Kier alpha value is -1.07. The number of amides is 1. The minimum atomic E-state index is -0.324. The first-order chi connectivity index (χ1) is 7.72. The molecule has 0 unspecified atom stereocenters. The van der Waals surface area contributed by atoms with Crippen molar-refractivity contribution in [2.75, 3.05) is 23.4 Å². The Morgan fingerprint density at radius 2 is 2.06 bits per heavy atom. The Bertz CT molecular complexity index is 329. The molecule has 2 N–H and O–H groups in total. The smallest absolute Gasteiger partial charge is 0.234 e. The summed E-state index contributed by atoms with van der Waals surface area (Å²) in [5.41, 5.74) is 0.592. The van der Waals surface area contributed by atoms with E-state index in [1.165, 1.54) is 36.0 Å². The van der Waals surface area contributed by atoms with Gasteiger partial charge in [0.2, 0.25) is 5.91 Å². The summed E-state index contributed by atoms with van der Waals surface area (Å²) in [4.78, 5) is 11.4. The van der Waals surface area contributed by atoms with Crippen LogP contribution in [-0.4, -0.2) is 29.1 Å². The van der Waals surface area contributed by atoms with Crippen LogP contribution in [0.2, 0.25) is 0 Å². The highest BCUT2D eigenvalue weighted by molar-refractivity contribution is 7.99. The zero-order valence-corrected chi connectivity index (χ0v) is 9.60. The van der Waals surface area contributed by atoms with Crippen LogP contribution >= 0.6 is 11.8 Å². The van der Waals surface area contributed by atoms with Crippen LogP contribution < -0.4 is 5.32 Å². The molecule has 0 saturated carbocycles. The van der Waals surface area contributed by atoms with E-state index in [4.69, 9.17) is 5.11 Å². The van der Waals surface area contributed by atoms with Gasteiger partial charge in [0.25, 0.3) is 0 Å². The van der Waals surface area contributed by atoms with E-state index in [-0.39, 0.29) is 18.3 Å². The molecule has 0 aliphatic carbocycles. The maximum absolute atomic E-state index is 12.6. The highest BCUT2D eigenvalue weighted by atomic mass is 32.2. The average Bonchev–Trinajstić information content (AvgIpc) is 2.28. The molecule has 16 heavy (non-hydrogen) atoms. The first kappa shape index (κ1) is 13.0. The van der Waals surface area contributed by atoms with Crippen LogP contribution in [0.3, 0.4) is 0 Å². The maximum atomic E-state index is 12.6. The molecule has 0 aliphatic heterocycles. The lowest BCUT2D eigenvalue weighted by Gasteiger charge is -2.04. The Balaban J connectivity index is 2.26.